The van der Waals surface area contributed by atoms with Crippen LogP contribution in [-0.4, -0.2) is 87.4 Å². The maximum atomic E-state index is 13.1. The van der Waals surface area contributed by atoms with Crippen molar-refractivity contribution in [3.8, 4) is 0 Å². The van der Waals surface area contributed by atoms with Gasteiger partial charge in [0.1, 0.15) is 6.04 Å². The topological polar surface area (TPSA) is 120 Å². The molecule has 34 heavy (non-hydrogen) atoms. The third-order valence-corrected chi connectivity index (χ3v) is 5.61. The van der Waals surface area contributed by atoms with Gasteiger partial charge in [-0.15, -0.1) is 0 Å². The predicted molar refractivity (Wildman–Crippen MR) is 120 cm³/mol. The number of hydrogen-bond donors (Lipinski definition) is 1. The fourth-order valence-electron chi connectivity index (χ4n) is 3.96. The summed E-state index contributed by atoms with van der Waals surface area (Å²) >= 11 is 0. The Morgan fingerprint density at radius 3 is 2.18 bits per heavy atom. The first-order valence-corrected chi connectivity index (χ1v) is 11.7. The molecular formula is C24H32N2O8. The minimum absolute atomic E-state index is 0.0959. The number of nitrogens with zero attached hydrogens (tertiary/aromatic N) is 1. The van der Waals surface area contributed by atoms with Crippen LogP contribution in [0.1, 0.15) is 52.5 Å². The highest BCUT2D eigenvalue weighted by Crippen LogP contribution is 2.30. The van der Waals surface area contributed by atoms with Crippen molar-refractivity contribution in [2.24, 2.45) is 0 Å². The molecule has 2 aliphatic heterocycles. The van der Waals surface area contributed by atoms with Gasteiger partial charge in [-0.25, -0.2) is 0 Å². The molecule has 0 bridgehead atoms. The van der Waals surface area contributed by atoms with Crippen molar-refractivity contribution < 1.29 is 38.1 Å². The Labute approximate surface area is 198 Å². The molecule has 10 nitrogen and oxygen atoms in total. The fraction of sp³-hybridized carbons (Fsp3) is 0.583. The van der Waals surface area contributed by atoms with E-state index in [0.29, 0.717) is 76.8 Å². The first-order chi connectivity index (χ1) is 16.5. The molecule has 0 radical (unpaired) electrons. The van der Waals surface area contributed by atoms with Crippen molar-refractivity contribution in [1.82, 2.24) is 10.2 Å². The summed E-state index contributed by atoms with van der Waals surface area (Å²) in [5, 5.41) is 2.21. The maximum Gasteiger partial charge on any atom is 0.262 e. The van der Waals surface area contributed by atoms with E-state index in [9.17, 15) is 19.2 Å². The molecule has 1 aromatic rings. The van der Waals surface area contributed by atoms with Crippen LogP contribution < -0.4 is 5.32 Å². The number of benzene rings is 1. The number of ether oxygens (including phenoxy) is 4. The highest BCUT2D eigenvalue weighted by atomic mass is 16.6. The number of rotatable bonds is 15. The number of hydrogen-bond acceptors (Lipinski definition) is 8. The summed E-state index contributed by atoms with van der Waals surface area (Å²) in [4.78, 5) is 50.5. The Kier molecular flexibility index (Phi) is 10.1. The quantitative estimate of drug-likeness (QED) is 0.295. The number of aryl methyl sites for hydroxylation is 1. The minimum Gasteiger partial charge on any atom is -0.379 e. The Balaban J connectivity index is 1.39. The third kappa shape index (κ3) is 6.69. The zero-order chi connectivity index (χ0) is 24.3. The average molecular weight is 477 g/mol. The Hall–Kier alpha value is -2.66. The number of fused-ring (bicyclic) bond motifs is 1. The molecule has 1 fully saturated rings. The minimum atomic E-state index is -0.962. The number of piperidine rings is 1. The van der Waals surface area contributed by atoms with E-state index < -0.39 is 29.7 Å². The molecule has 0 saturated carbocycles. The van der Waals surface area contributed by atoms with Crippen LogP contribution in [0, 0.1) is 0 Å². The lowest BCUT2D eigenvalue weighted by Gasteiger charge is -2.27. The largest absolute Gasteiger partial charge is 0.379 e. The monoisotopic (exact) mass is 476 g/mol. The van der Waals surface area contributed by atoms with Gasteiger partial charge in [-0.1, -0.05) is 12.1 Å². The van der Waals surface area contributed by atoms with Gasteiger partial charge < -0.3 is 18.9 Å². The summed E-state index contributed by atoms with van der Waals surface area (Å²) in [6.45, 7) is 6.15. The lowest BCUT2D eigenvalue weighted by Crippen LogP contribution is -2.54. The van der Waals surface area contributed by atoms with Crippen LogP contribution in [0.4, 0.5) is 0 Å². The van der Waals surface area contributed by atoms with Crippen molar-refractivity contribution in [2.45, 2.75) is 38.6 Å². The highest BCUT2D eigenvalue weighted by molar-refractivity contribution is 6.24. The molecule has 1 saturated heterocycles. The Bertz CT molecular complexity index is 888. The van der Waals surface area contributed by atoms with E-state index >= 15 is 0 Å². The second-order valence-electron chi connectivity index (χ2n) is 7.92. The molecule has 0 aromatic heterocycles. The van der Waals surface area contributed by atoms with Crippen LogP contribution in [0.5, 0.6) is 0 Å². The van der Waals surface area contributed by atoms with Crippen LogP contribution in [0.3, 0.4) is 0 Å². The number of carbonyl (C=O) groups excluding carboxylic acids is 4. The molecule has 0 spiro atoms. The fourth-order valence-corrected chi connectivity index (χ4v) is 3.96. The smallest absolute Gasteiger partial charge is 0.262 e. The van der Waals surface area contributed by atoms with E-state index in [0.717, 1.165) is 10.5 Å². The van der Waals surface area contributed by atoms with Crippen LogP contribution in [0.25, 0.3) is 0 Å². The third-order valence-electron chi connectivity index (χ3n) is 5.61. The van der Waals surface area contributed by atoms with E-state index in [4.69, 9.17) is 18.9 Å². The molecule has 3 rings (SSSR count). The van der Waals surface area contributed by atoms with Gasteiger partial charge in [0.25, 0.3) is 11.8 Å². The van der Waals surface area contributed by atoms with Crippen molar-refractivity contribution in [3.05, 3.63) is 34.9 Å². The molecule has 1 atom stereocenters. The summed E-state index contributed by atoms with van der Waals surface area (Å²) in [5.74, 6) is -1.98. The van der Waals surface area contributed by atoms with Gasteiger partial charge in [0.05, 0.1) is 50.8 Å². The zero-order valence-corrected chi connectivity index (χ0v) is 19.5. The predicted octanol–water partition coefficient (Wildman–Crippen LogP) is 1.11. The van der Waals surface area contributed by atoms with Gasteiger partial charge in [0, 0.05) is 19.6 Å². The summed E-state index contributed by atoms with van der Waals surface area (Å²) in [5.41, 5.74) is 1.38. The lowest BCUT2D eigenvalue weighted by molar-refractivity contribution is -0.136. The summed E-state index contributed by atoms with van der Waals surface area (Å²) in [6.07, 6.45) is 1.45. The van der Waals surface area contributed by atoms with E-state index in [1.165, 1.54) is 0 Å². The first-order valence-electron chi connectivity index (χ1n) is 11.7. The van der Waals surface area contributed by atoms with Crippen LogP contribution in [0.2, 0.25) is 0 Å². The number of carbonyl (C=O) groups is 4. The Morgan fingerprint density at radius 1 is 0.882 bits per heavy atom. The molecule has 10 heteroatoms. The van der Waals surface area contributed by atoms with Gasteiger partial charge in [-0.2, -0.15) is 0 Å². The first kappa shape index (κ1) is 26.0. The molecule has 1 unspecified atom stereocenters. The summed E-state index contributed by atoms with van der Waals surface area (Å²) in [6, 6.07) is 4.18. The van der Waals surface area contributed by atoms with Crippen molar-refractivity contribution in [1.29, 1.82) is 0 Å². The molecule has 186 valence electrons. The van der Waals surface area contributed by atoms with Crippen molar-refractivity contribution in [2.75, 3.05) is 52.9 Å². The molecule has 2 aliphatic rings. The number of imide groups is 2. The number of amides is 4. The van der Waals surface area contributed by atoms with Crippen molar-refractivity contribution in [3.63, 3.8) is 0 Å². The molecule has 1 aromatic carbocycles. The molecule has 1 N–H and O–H groups in total. The summed E-state index contributed by atoms with van der Waals surface area (Å²) in [7, 11) is 0. The van der Waals surface area contributed by atoms with Crippen LogP contribution in [0.15, 0.2) is 18.2 Å². The normalized spacial score (nSPS) is 17.9. The second-order valence-corrected chi connectivity index (χ2v) is 7.92. The summed E-state index contributed by atoms with van der Waals surface area (Å²) < 4.78 is 21.6. The van der Waals surface area contributed by atoms with Gasteiger partial charge in [0.2, 0.25) is 11.8 Å². The van der Waals surface area contributed by atoms with Crippen molar-refractivity contribution >= 4 is 23.6 Å². The van der Waals surface area contributed by atoms with Gasteiger partial charge >= 0.3 is 0 Å². The number of nitrogens with one attached hydrogen (secondary N) is 1. The van der Waals surface area contributed by atoms with Gasteiger partial charge in [-0.05, 0) is 37.8 Å². The van der Waals surface area contributed by atoms with E-state index in [1.54, 1.807) is 12.1 Å². The lowest BCUT2D eigenvalue weighted by atomic mass is 9.99. The zero-order valence-electron chi connectivity index (χ0n) is 19.5. The van der Waals surface area contributed by atoms with Crippen LogP contribution in [-0.2, 0) is 35.0 Å². The molecule has 0 aliphatic carbocycles. The van der Waals surface area contributed by atoms with Crippen LogP contribution >= 0.6 is 0 Å². The van der Waals surface area contributed by atoms with Gasteiger partial charge in [-0.3, -0.25) is 29.4 Å². The molecular weight excluding hydrogens is 444 g/mol. The highest BCUT2D eigenvalue weighted by Gasteiger charge is 2.45. The maximum absolute atomic E-state index is 13.1. The SMILES string of the molecule is CCOCCOCCOCCOCCCc1cccc2c1C(=O)N(C1CCC(=O)NC1=O)C2=O. The molecule has 2 heterocycles. The average Bonchev–Trinajstić information content (AvgIpc) is 3.08. The van der Waals surface area contributed by atoms with Gasteiger partial charge in [0.15, 0.2) is 0 Å². The van der Waals surface area contributed by atoms with E-state index in [-0.39, 0.29) is 12.8 Å². The second kappa shape index (κ2) is 13.3. The molecule has 4 amide bonds. The van der Waals surface area contributed by atoms with E-state index in [1.807, 2.05) is 13.0 Å². The standard InChI is InChI=1S/C24H32N2O8/c1-2-31-11-12-33-15-16-34-14-13-32-10-4-6-17-5-3-7-18-21(17)24(30)26(23(18)29)19-8-9-20(27)25-22(19)28/h3,5,7,19H,2,4,6,8-16H2,1H3,(H,25,27,28). The Morgan fingerprint density at radius 2 is 1.53 bits per heavy atom. The van der Waals surface area contributed by atoms with E-state index in [2.05, 4.69) is 5.32 Å².